The van der Waals surface area contributed by atoms with Crippen molar-refractivity contribution in [1.82, 2.24) is 0 Å². The molecule has 4 rings (SSSR count). The Kier molecular flexibility index (Phi) is 4.06. The molecule has 3 saturated carbocycles. The van der Waals surface area contributed by atoms with E-state index in [1.54, 1.807) is 6.92 Å². The van der Waals surface area contributed by atoms with Crippen LogP contribution in [-0.2, 0) is 4.79 Å². The van der Waals surface area contributed by atoms with Crippen LogP contribution in [0.5, 0.6) is 0 Å². The number of azide groups is 1. The highest BCUT2D eigenvalue weighted by atomic mass is 16.3. The van der Waals surface area contributed by atoms with Gasteiger partial charge in [-0.1, -0.05) is 30.6 Å². The molecular weight excluding hydrogens is 326 g/mol. The second-order valence-electron chi connectivity index (χ2n) is 9.89. The molecule has 0 aromatic carbocycles. The molecule has 0 radical (unpaired) electrons. The molecule has 0 amide bonds. The Morgan fingerprint density at radius 3 is 2.69 bits per heavy atom. The number of allylic oxidation sites excluding steroid dienone is 1. The number of hydrogen-bond acceptors (Lipinski definition) is 3. The topological polar surface area (TPSA) is 86.1 Å². The van der Waals surface area contributed by atoms with Crippen molar-refractivity contribution in [3.8, 4) is 0 Å². The third-order valence-electron chi connectivity index (χ3n) is 8.87. The van der Waals surface area contributed by atoms with Gasteiger partial charge in [-0.25, -0.2) is 0 Å². The van der Waals surface area contributed by atoms with Gasteiger partial charge in [0.05, 0.1) is 0 Å². The van der Waals surface area contributed by atoms with Gasteiger partial charge in [0.1, 0.15) is 11.5 Å². The third-order valence-corrected chi connectivity index (χ3v) is 8.87. The number of aliphatic hydroxyl groups is 1. The summed E-state index contributed by atoms with van der Waals surface area (Å²) in [5.41, 5.74) is 9.12. The van der Waals surface area contributed by atoms with E-state index in [0.29, 0.717) is 36.4 Å². The number of Topliss-reactive ketones (excluding diaryl/α,β-unsaturated/α-hetero) is 1. The Labute approximate surface area is 155 Å². The summed E-state index contributed by atoms with van der Waals surface area (Å²) in [4.78, 5) is 15.1. The molecule has 142 valence electrons. The maximum absolute atomic E-state index is 12.2. The van der Waals surface area contributed by atoms with Crippen LogP contribution in [0.1, 0.15) is 72.1 Å². The molecule has 0 aromatic heterocycles. The zero-order chi connectivity index (χ0) is 18.7. The number of fused-ring (bicyclic) bond motifs is 5. The van der Waals surface area contributed by atoms with E-state index in [9.17, 15) is 9.90 Å². The van der Waals surface area contributed by atoms with E-state index in [0.717, 1.165) is 25.7 Å². The van der Waals surface area contributed by atoms with Gasteiger partial charge in [0, 0.05) is 17.3 Å². The molecule has 4 aliphatic rings. The predicted molar refractivity (Wildman–Crippen MR) is 100.0 cm³/mol. The molecule has 0 saturated heterocycles. The van der Waals surface area contributed by atoms with Gasteiger partial charge in [-0.15, -0.1) is 0 Å². The highest BCUT2D eigenvalue weighted by Gasteiger charge is 2.60. The number of carbonyl (C=O) groups excluding carboxylic acids is 1. The van der Waals surface area contributed by atoms with Crippen molar-refractivity contribution in [2.75, 3.05) is 0 Å². The van der Waals surface area contributed by atoms with E-state index >= 15 is 0 Å². The zero-order valence-corrected chi connectivity index (χ0v) is 16.2. The molecule has 3 fully saturated rings. The molecule has 0 aliphatic heterocycles. The van der Waals surface area contributed by atoms with Crippen LogP contribution in [0.25, 0.3) is 10.4 Å². The van der Waals surface area contributed by atoms with Gasteiger partial charge >= 0.3 is 0 Å². The van der Waals surface area contributed by atoms with Crippen LogP contribution in [-0.4, -0.2) is 16.6 Å². The summed E-state index contributed by atoms with van der Waals surface area (Å²) in [5.74, 6) is 2.54. The van der Waals surface area contributed by atoms with Crippen molar-refractivity contribution < 1.29 is 9.90 Å². The van der Waals surface area contributed by atoms with Crippen molar-refractivity contribution in [2.24, 2.45) is 39.6 Å². The number of nitrogens with zero attached hydrogens (tertiary/aromatic N) is 3. The van der Waals surface area contributed by atoms with Gasteiger partial charge in [-0.2, -0.15) is 0 Å². The van der Waals surface area contributed by atoms with E-state index in [1.165, 1.54) is 18.4 Å². The number of ketones is 1. The molecule has 0 heterocycles. The number of hydrogen-bond donors (Lipinski definition) is 1. The summed E-state index contributed by atoms with van der Waals surface area (Å²) < 4.78 is 0. The lowest BCUT2D eigenvalue weighted by atomic mass is 9.47. The first-order valence-electron chi connectivity index (χ1n) is 10.2. The van der Waals surface area contributed by atoms with E-state index in [1.807, 2.05) is 0 Å². The van der Waals surface area contributed by atoms with Crippen LogP contribution < -0.4 is 0 Å². The van der Waals surface area contributed by atoms with E-state index in [-0.39, 0.29) is 16.7 Å². The van der Waals surface area contributed by atoms with Gasteiger partial charge in [0.25, 0.3) is 0 Å². The molecule has 1 unspecified atom stereocenters. The van der Waals surface area contributed by atoms with Crippen molar-refractivity contribution >= 4 is 5.78 Å². The van der Waals surface area contributed by atoms with Crippen LogP contribution in [0.4, 0.5) is 0 Å². The maximum Gasteiger partial charge on any atom is 0.147 e. The minimum absolute atomic E-state index is 0.107. The van der Waals surface area contributed by atoms with Gasteiger partial charge in [-0.3, -0.25) is 4.79 Å². The molecule has 1 N–H and O–H groups in total. The summed E-state index contributed by atoms with van der Waals surface area (Å²) in [6, 6.07) is 0. The molecule has 0 bridgehead atoms. The van der Waals surface area contributed by atoms with E-state index in [2.05, 4.69) is 29.9 Å². The Morgan fingerprint density at radius 1 is 1.23 bits per heavy atom. The summed E-state index contributed by atoms with van der Waals surface area (Å²) in [5, 5.41) is 14.3. The number of carbonyl (C=O) groups is 1. The zero-order valence-electron chi connectivity index (χ0n) is 16.2. The van der Waals surface area contributed by atoms with Crippen molar-refractivity contribution in [3.05, 3.63) is 22.1 Å². The highest BCUT2D eigenvalue weighted by Crippen LogP contribution is 2.66. The van der Waals surface area contributed by atoms with Crippen LogP contribution in [0.2, 0.25) is 0 Å². The summed E-state index contributed by atoms with van der Waals surface area (Å²) in [7, 11) is 0. The second kappa shape index (κ2) is 5.84. The van der Waals surface area contributed by atoms with Crippen LogP contribution in [0.3, 0.4) is 0 Å². The van der Waals surface area contributed by atoms with Gasteiger partial charge < -0.3 is 5.11 Å². The molecule has 4 aliphatic carbocycles. The summed E-state index contributed by atoms with van der Waals surface area (Å²) in [6.45, 7) is 6.52. The molecule has 7 atom stereocenters. The van der Waals surface area contributed by atoms with Crippen molar-refractivity contribution in [1.29, 1.82) is 0 Å². The average molecular weight is 357 g/mol. The van der Waals surface area contributed by atoms with Crippen molar-refractivity contribution in [3.63, 3.8) is 0 Å². The fourth-order valence-corrected chi connectivity index (χ4v) is 7.47. The quantitative estimate of drug-likeness (QED) is 0.320. The van der Waals surface area contributed by atoms with Gasteiger partial charge in [-0.05, 0) is 86.0 Å². The predicted octanol–water partition coefficient (Wildman–Crippen LogP) is 5.15. The number of rotatable bonds is 2. The molecule has 0 spiro atoms. The SMILES string of the molecule is CC(=O)[C@H]1CC[C@H]2[C@@H]3CC=C4CC(O)(N=[N+]=[N-])CC[C@]4(C)[C@H]3CC[C@]12C. The second-order valence-corrected chi connectivity index (χ2v) is 9.89. The maximum atomic E-state index is 12.2. The highest BCUT2D eigenvalue weighted by molar-refractivity contribution is 5.79. The molecular formula is C21H31N3O2. The lowest BCUT2D eigenvalue weighted by Gasteiger charge is -2.58. The fraction of sp³-hybridized carbons (Fsp3) is 0.857. The monoisotopic (exact) mass is 357 g/mol. The van der Waals surface area contributed by atoms with Crippen LogP contribution in [0, 0.1) is 34.5 Å². The Hall–Kier alpha value is -1.32. The average Bonchev–Trinajstić information content (AvgIpc) is 2.93. The molecule has 5 nitrogen and oxygen atoms in total. The van der Waals surface area contributed by atoms with Gasteiger partial charge in [0.15, 0.2) is 0 Å². The smallest absolute Gasteiger partial charge is 0.147 e. The molecule has 26 heavy (non-hydrogen) atoms. The Morgan fingerprint density at radius 2 is 2.00 bits per heavy atom. The minimum Gasteiger partial charge on any atom is -0.383 e. The van der Waals surface area contributed by atoms with Gasteiger partial charge in [0.2, 0.25) is 0 Å². The van der Waals surface area contributed by atoms with E-state index in [4.69, 9.17) is 5.53 Å². The molecule has 0 aromatic rings. The van der Waals surface area contributed by atoms with Crippen LogP contribution in [0.15, 0.2) is 16.8 Å². The fourth-order valence-electron chi connectivity index (χ4n) is 7.47. The van der Waals surface area contributed by atoms with Crippen molar-refractivity contribution in [2.45, 2.75) is 77.9 Å². The largest absolute Gasteiger partial charge is 0.383 e. The molecule has 5 heteroatoms. The first kappa shape index (κ1) is 18.1. The summed E-state index contributed by atoms with van der Waals surface area (Å²) in [6.07, 6.45) is 9.86. The Balaban J connectivity index is 1.65. The normalized spacial score (nSPS) is 49.9. The van der Waals surface area contributed by atoms with Crippen LogP contribution >= 0.6 is 0 Å². The lowest BCUT2D eigenvalue weighted by molar-refractivity contribution is -0.127. The standard InChI is InChI=1S/C21H31N3O2/c1-13(25)16-6-7-17-15-5-4-14-12-21(26,23-24-22)11-10-19(14,2)18(15)8-9-20(16,17)3/h4,15-18,26H,5-12H2,1-3H3/t15-,16+,17-,18-,19-,20+,21?/m0/s1. The first-order valence-corrected chi connectivity index (χ1v) is 10.2. The summed E-state index contributed by atoms with van der Waals surface area (Å²) >= 11 is 0. The minimum atomic E-state index is -1.25. The Bertz CT molecular complexity index is 712. The first-order chi connectivity index (χ1) is 12.2. The third kappa shape index (κ3) is 2.40. The van der Waals surface area contributed by atoms with E-state index < -0.39 is 5.72 Å². The lowest BCUT2D eigenvalue weighted by Crippen LogP contribution is -2.52.